The maximum atomic E-state index is 12.4. The van der Waals surface area contributed by atoms with Gasteiger partial charge in [0, 0.05) is 17.3 Å². The molecule has 2 atom stereocenters. The van der Waals surface area contributed by atoms with Crippen LogP contribution in [0.25, 0.3) is 11.4 Å². The molecule has 28 heavy (non-hydrogen) atoms. The molecule has 144 valence electrons. The van der Waals surface area contributed by atoms with Gasteiger partial charge in [-0.25, -0.2) is 4.98 Å². The fraction of sp³-hybridized carbons (Fsp3) is 0.318. The molecule has 2 aromatic heterocycles. The lowest BCUT2D eigenvalue weighted by Crippen LogP contribution is -2.17. The molecule has 1 aromatic carbocycles. The second-order valence-electron chi connectivity index (χ2n) is 7.06. The number of aryl methyl sites for hydroxylation is 1. The summed E-state index contributed by atoms with van der Waals surface area (Å²) in [5.74, 6) is 2.42. The van der Waals surface area contributed by atoms with Gasteiger partial charge in [-0.15, -0.1) is 0 Å². The Kier molecular flexibility index (Phi) is 4.86. The Morgan fingerprint density at radius 1 is 1.21 bits per heavy atom. The van der Waals surface area contributed by atoms with Crippen LogP contribution in [0, 0.1) is 18.8 Å². The summed E-state index contributed by atoms with van der Waals surface area (Å²) in [4.78, 5) is 21.5. The molecule has 2 unspecified atom stereocenters. The Morgan fingerprint density at radius 3 is 2.86 bits per heavy atom. The molecule has 0 bridgehead atoms. The average Bonchev–Trinajstić information content (AvgIpc) is 3.36. The second-order valence-corrected chi connectivity index (χ2v) is 7.06. The standard InChI is InChI=1S/C20H19N5O.C2H6/c1-12-3-2-4-16(7-12)21-11-17-10-18(26)25-20(22-17)23-19(24-25)14-6-5-13-8-15(13)9-14;1-2/h2-7,9-10,13,15,21H,8,11H2,1H3,(H,22,23,24);1-2H3. The van der Waals surface area contributed by atoms with Gasteiger partial charge < -0.3 is 5.32 Å². The SMILES string of the molecule is CC.Cc1cccc(NCc2cc(=O)n3[nH]c(C4=CC5CC5C=C4)nc3n2)c1. The van der Waals surface area contributed by atoms with E-state index in [1.54, 1.807) is 6.07 Å². The summed E-state index contributed by atoms with van der Waals surface area (Å²) in [7, 11) is 0. The number of rotatable bonds is 4. The summed E-state index contributed by atoms with van der Waals surface area (Å²) >= 11 is 0. The summed E-state index contributed by atoms with van der Waals surface area (Å²) in [5.41, 5.74) is 3.74. The van der Waals surface area contributed by atoms with E-state index in [1.165, 1.54) is 16.5 Å². The number of allylic oxidation sites excluding steroid dienone is 4. The first kappa shape index (κ1) is 18.2. The highest BCUT2D eigenvalue weighted by Crippen LogP contribution is 2.45. The zero-order chi connectivity index (χ0) is 19.7. The molecule has 2 N–H and O–H groups in total. The van der Waals surface area contributed by atoms with Crippen molar-refractivity contribution >= 4 is 17.0 Å². The van der Waals surface area contributed by atoms with Crippen LogP contribution in [0.4, 0.5) is 5.69 Å². The number of fused-ring (bicyclic) bond motifs is 2. The monoisotopic (exact) mass is 375 g/mol. The lowest BCUT2D eigenvalue weighted by Gasteiger charge is -2.06. The van der Waals surface area contributed by atoms with Crippen LogP contribution in [-0.4, -0.2) is 19.6 Å². The zero-order valence-electron chi connectivity index (χ0n) is 16.4. The lowest BCUT2D eigenvalue weighted by molar-refractivity contribution is 0.871. The van der Waals surface area contributed by atoms with Gasteiger partial charge in [-0.2, -0.15) is 9.50 Å². The van der Waals surface area contributed by atoms with Crippen LogP contribution in [-0.2, 0) is 6.54 Å². The third-order valence-corrected chi connectivity index (χ3v) is 4.96. The quantitative estimate of drug-likeness (QED) is 0.724. The third-order valence-electron chi connectivity index (χ3n) is 4.96. The molecular weight excluding hydrogens is 350 g/mol. The molecule has 1 fully saturated rings. The molecular formula is C22H25N5O. The number of benzene rings is 1. The molecule has 5 rings (SSSR count). The average molecular weight is 375 g/mol. The van der Waals surface area contributed by atoms with Crippen LogP contribution in [0.2, 0.25) is 0 Å². The van der Waals surface area contributed by atoms with Gasteiger partial charge in [0.25, 0.3) is 11.3 Å². The molecule has 3 aromatic rings. The molecule has 2 heterocycles. The van der Waals surface area contributed by atoms with Gasteiger partial charge in [0.1, 0.15) is 0 Å². The first-order valence-electron chi connectivity index (χ1n) is 9.85. The van der Waals surface area contributed by atoms with Gasteiger partial charge in [0.2, 0.25) is 0 Å². The van der Waals surface area contributed by atoms with Crippen molar-refractivity contribution in [3.05, 3.63) is 76.0 Å². The minimum absolute atomic E-state index is 0.153. The lowest BCUT2D eigenvalue weighted by atomic mass is 10.1. The minimum Gasteiger partial charge on any atom is -0.379 e. The summed E-state index contributed by atoms with van der Waals surface area (Å²) in [6.45, 7) is 6.52. The predicted octanol–water partition coefficient (Wildman–Crippen LogP) is 3.95. The van der Waals surface area contributed by atoms with Gasteiger partial charge in [0.15, 0.2) is 5.82 Å². The normalized spacial score (nSPS) is 19.5. The highest BCUT2D eigenvalue weighted by molar-refractivity contribution is 5.72. The fourth-order valence-electron chi connectivity index (χ4n) is 3.41. The predicted molar refractivity (Wildman–Crippen MR) is 112 cm³/mol. The van der Waals surface area contributed by atoms with Crippen molar-refractivity contribution in [2.24, 2.45) is 11.8 Å². The largest absolute Gasteiger partial charge is 0.379 e. The Morgan fingerprint density at radius 2 is 2.07 bits per heavy atom. The first-order chi connectivity index (χ1) is 13.7. The van der Waals surface area contributed by atoms with Gasteiger partial charge in [-0.3, -0.25) is 9.89 Å². The van der Waals surface area contributed by atoms with E-state index in [0.717, 1.165) is 11.3 Å². The number of hydrogen-bond donors (Lipinski definition) is 2. The Hall–Kier alpha value is -3.15. The van der Waals surface area contributed by atoms with Gasteiger partial charge in [-0.1, -0.05) is 44.2 Å². The van der Waals surface area contributed by atoms with Crippen LogP contribution in [0.5, 0.6) is 0 Å². The molecule has 0 aliphatic heterocycles. The van der Waals surface area contributed by atoms with Crippen molar-refractivity contribution in [1.82, 2.24) is 19.6 Å². The van der Waals surface area contributed by atoms with Crippen molar-refractivity contribution in [3.63, 3.8) is 0 Å². The first-order valence-corrected chi connectivity index (χ1v) is 9.85. The van der Waals surface area contributed by atoms with Crippen molar-refractivity contribution in [1.29, 1.82) is 0 Å². The molecule has 0 radical (unpaired) electrons. The van der Waals surface area contributed by atoms with Gasteiger partial charge in [-0.05, 0) is 42.9 Å². The Labute approximate surface area is 164 Å². The molecule has 2 aliphatic carbocycles. The number of nitrogens with one attached hydrogen (secondary N) is 2. The van der Waals surface area contributed by atoms with Crippen molar-refractivity contribution in [2.45, 2.75) is 33.7 Å². The molecule has 2 aliphatic rings. The molecule has 6 heteroatoms. The van der Waals surface area contributed by atoms with E-state index in [0.29, 0.717) is 35.7 Å². The van der Waals surface area contributed by atoms with E-state index in [1.807, 2.05) is 39.0 Å². The zero-order valence-corrected chi connectivity index (χ0v) is 16.4. The van der Waals surface area contributed by atoms with Crippen LogP contribution >= 0.6 is 0 Å². The maximum absolute atomic E-state index is 12.4. The topological polar surface area (TPSA) is 75.1 Å². The van der Waals surface area contributed by atoms with Crippen LogP contribution in [0.15, 0.2) is 53.4 Å². The van der Waals surface area contributed by atoms with Crippen LogP contribution < -0.4 is 10.9 Å². The van der Waals surface area contributed by atoms with Crippen molar-refractivity contribution < 1.29 is 0 Å². The van der Waals surface area contributed by atoms with E-state index >= 15 is 0 Å². The van der Waals surface area contributed by atoms with E-state index in [-0.39, 0.29) is 5.56 Å². The van der Waals surface area contributed by atoms with Crippen LogP contribution in [0.3, 0.4) is 0 Å². The van der Waals surface area contributed by atoms with Crippen molar-refractivity contribution in [3.8, 4) is 0 Å². The number of H-pyrrole nitrogens is 1. The number of nitrogens with zero attached hydrogens (tertiary/aromatic N) is 3. The van der Waals surface area contributed by atoms with E-state index < -0.39 is 0 Å². The number of hydrogen-bond acceptors (Lipinski definition) is 4. The summed E-state index contributed by atoms with van der Waals surface area (Å²) in [6.07, 6.45) is 7.75. The number of aromatic nitrogens is 4. The van der Waals surface area contributed by atoms with E-state index in [4.69, 9.17) is 0 Å². The summed E-state index contributed by atoms with van der Waals surface area (Å²) in [5, 5.41) is 6.38. The van der Waals surface area contributed by atoms with Gasteiger partial charge >= 0.3 is 0 Å². The van der Waals surface area contributed by atoms with Crippen molar-refractivity contribution in [2.75, 3.05) is 5.32 Å². The minimum atomic E-state index is -0.153. The molecule has 6 nitrogen and oxygen atoms in total. The smallest absolute Gasteiger partial charge is 0.274 e. The second kappa shape index (κ2) is 7.46. The fourth-order valence-corrected chi connectivity index (χ4v) is 3.41. The third kappa shape index (κ3) is 3.63. The highest BCUT2D eigenvalue weighted by Gasteiger charge is 2.35. The summed E-state index contributed by atoms with van der Waals surface area (Å²) in [6, 6.07) is 9.65. The number of aromatic amines is 1. The van der Waals surface area contributed by atoms with E-state index in [2.05, 4.69) is 44.7 Å². The number of anilines is 1. The summed E-state index contributed by atoms with van der Waals surface area (Å²) < 4.78 is 1.40. The molecule has 0 saturated heterocycles. The van der Waals surface area contributed by atoms with E-state index in [9.17, 15) is 4.79 Å². The molecule has 0 spiro atoms. The van der Waals surface area contributed by atoms with Gasteiger partial charge in [0.05, 0.1) is 12.2 Å². The molecule has 0 amide bonds. The van der Waals surface area contributed by atoms with Crippen LogP contribution in [0.1, 0.15) is 37.4 Å². The maximum Gasteiger partial charge on any atom is 0.274 e. The Bertz CT molecular complexity index is 1120. The highest BCUT2D eigenvalue weighted by atomic mass is 16.1. The molecule has 1 saturated carbocycles. The Balaban J connectivity index is 0.000000932.